The van der Waals surface area contributed by atoms with Gasteiger partial charge < -0.3 is 15.8 Å². The predicted molar refractivity (Wildman–Crippen MR) is 87.8 cm³/mol. The van der Waals surface area contributed by atoms with E-state index in [1.807, 2.05) is 30.3 Å². The summed E-state index contributed by atoms with van der Waals surface area (Å²) in [6, 6.07) is 12.9. The molecule has 2 aromatic carbocycles. The molecule has 0 aliphatic rings. The molecular formula is C16H17BrN2O2. The number of nitrogens with two attached hydrogens (primary N) is 1. The van der Waals surface area contributed by atoms with Gasteiger partial charge in [0.25, 0.3) is 5.91 Å². The van der Waals surface area contributed by atoms with Crippen molar-refractivity contribution < 1.29 is 9.53 Å². The number of hydrogen-bond acceptors (Lipinski definition) is 3. The smallest absolute Gasteiger partial charge is 0.255 e. The number of rotatable bonds is 5. The van der Waals surface area contributed by atoms with Crippen molar-refractivity contribution >= 4 is 27.5 Å². The molecule has 0 unspecified atom stereocenters. The number of ether oxygens (including phenoxy) is 1. The summed E-state index contributed by atoms with van der Waals surface area (Å²) in [5.74, 6) is 0.525. The van der Waals surface area contributed by atoms with E-state index in [9.17, 15) is 4.79 Å². The van der Waals surface area contributed by atoms with Crippen molar-refractivity contribution in [2.24, 2.45) is 5.73 Å². The molecule has 4 nitrogen and oxygen atoms in total. The fourth-order valence-corrected chi connectivity index (χ4v) is 2.38. The van der Waals surface area contributed by atoms with E-state index < -0.39 is 0 Å². The van der Waals surface area contributed by atoms with Crippen LogP contribution in [0.15, 0.2) is 46.9 Å². The van der Waals surface area contributed by atoms with Crippen molar-refractivity contribution in [2.45, 2.75) is 6.42 Å². The number of benzene rings is 2. The third-order valence-electron chi connectivity index (χ3n) is 3.10. The monoisotopic (exact) mass is 348 g/mol. The lowest BCUT2D eigenvalue weighted by Crippen LogP contribution is -2.16. The first-order chi connectivity index (χ1) is 10.2. The summed E-state index contributed by atoms with van der Waals surface area (Å²) >= 11 is 3.42. The number of hydrogen-bond donors (Lipinski definition) is 2. The molecule has 0 aliphatic heterocycles. The Morgan fingerprint density at radius 1 is 1.29 bits per heavy atom. The van der Waals surface area contributed by atoms with Gasteiger partial charge in [0.2, 0.25) is 0 Å². The van der Waals surface area contributed by atoms with E-state index in [0.29, 0.717) is 30.0 Å². The molecule has 0 bridgehead atoms. The zero-order chi connectivity index (χ0) is 15.2. The number of halogens is 1. The van der Waals surface area contributed by atoms with Crippen LogP contribution in [0.4, 0.5) is 5.69 Å². The van der Waals surface area contributed by atoms with Crippen LogP contribution >= 0.6 is 15.9 Å². The topological polar surface area (TPSA) is 64.3 Å². The Bertz CT molecular complexity index is 644. The van der Waals surface area contributed by atoms with Crippen LogP contribution in [0.2, 0.25) is 0 Å². The summed E-state index contributed by atoms with van der Waals surface area (Å²) < 4.78 is 5.97. The highest BCUT2D eigenvalue weighted by molar-refractivity contribution is 9.10. The first-order valence-electron chi connectivity index (χ1n) is 6.58. The second-order valence-electron chi connectivity index (χ2n) is 4.50. The van der Waals surface area contributed by atoms with Gasteiger partial charge in [-0.2, -0.15) is 0 Å². The zero-order valence-corrected chi connectivity index (χ0v) is 13.3. The van der Waals surface area contributed by atoms with Crippen LogP contribution in [0.25, 0.3) is 0 Å². The van der Waals surface area contributed by atoms with E-state index in [0.717, 1.165) is 10.0 Å². The van der Waals surface area contributed by atoms with E-state index in [2.05, 4.69) is 21.2 Å². The largest absolute Gasteiger partial charge is 0.497 e. The summed E-state index contributed by atoms with van der Waals surface area (Å²) in [5.41, 5.74) is 7.83. The Morgan fingerprint density at radius 2 is 2.05 bits per heavy atom. The van der Waals surface area contributed by atoms with Gasteiger partial charge in [0.1, 0.15) is 5.75 Å². The first-order valence-corrected chi connectivity index (χ1v) is 7.38. The molecule has 5 heteroatoms. The lowest BCUT2D eigenvalue weighted by molar-refractivity contribution is 0.102. The van der Waals surface area contributed by atoms with Crippen LogP contribution in [-0.4, -0.2) is 19.6 Å². The highest BCUT2D eigenvalue weighted by Gasteiger charge is 2.12. The predicted octanol–water partition coefficient (Wildman–Crippen LogP) is 3.21. The second kappa shape index (κ2) is 7.24. The minimum absolute atomic E-state index is 0.159. The lowest BCUT2D eigenvalue weighted by Gasteiger charge is -2.12. The number of amides is 1. The lowest BCUT2D eigenvalue weighted by atomic mass is 10.0. The van der Waals surface area contributed by atoms with Crippen molar-refractivity contribution in [3.8, 4) is 5.75 Å². The summed E-state index contributed by atoms with van der Waals surface area (Å²) in [6.07, 6.45) is 0.670. The molecule has 0 saturated heterocycles. The van der Waals surface area contributed by atoms with Crippen LogP contribution in [0.1, 0.15) is 15.9 Å². The van der Waals surface area contributed by atoms with Gasteiger partial charge >= 0.3 is 0 Å². The van der Waals surface area contributed by atoms with E-state index in [4.69, 9.17) is 10.5 Å². The molecule has 0 heterocycles. The third kappa shape index (κ3) is 3.83. The van der Waals surface area contributed by atoms with Crippen molar-refractivity contribution in [2.75, 3.05) is 19.0 Å². The highest BCUT2D eigenvalue weighted by Crippen LogP contribution is 2.27. The molecule has 110 valence electrons. The molecule has 0 fully saturated rings. The molecule has 0 aliphatic carbocycles. The third-order valence-corrected chi connectivity index (χ3v) is 3.79. The fraction of sp³-hybridized carbons (Fsp3) is 0.188. The summed E-state index contributed by atoms with van der Waals surface area (Å²) in [4.78, 5) is 12.4. The van der Waals surface area contributed by atoms with Gasteiger partial charge in [0.15, 0.2) is 0 Å². The Kier molecular flexibility index (Phi) is 5.36. The normalized spacial score (nSPS) is 10.2. The Labute approximate surface area is 132 Å². The maximum atomic E-state index is 12.4. The number of carbonyl (C=O) groups is 1. The fourth-order valence-electron chi connectivity index (χ4n) is 2.03. The number of nitrogens with one attached hydrogen (secondary N) is 1. The van der Waals surface area contributed by atoms with E-state index in [-0.39, 0.29) is 5.91 Å². The van der Waals surface area contributed by atoms with Gasteiger partial charge in [-0.15, -0.1) is 0 Å². The maximum Gasteiger partial charge on any atom is 0.255 e. The number of carbonyl (C=O) groups excluding carboxylic acids is 1. The van der Waals surface area contributed by atoms with E-state index >= 15 is 0 Å². The van der Waals surface area contributed by atoms with E-state index in [1.165, 1.54) is 0 Å². The van der Waals surface area contributed by atoms with Crippen molar-refractivity contribution in [3.63, 3.8) is 0 Å². The highest BCUT2D eigenvalue weighted by atomic mass is 79.9. The Hall–Kier alpha value is -1.85. The summed E-state index contributed by atoms with van der Waals surface area (Å²) in [5, 5.41) is 2.89. The first kappa shape index (κ1) is 15.5. The molecule has 3 N–H and O–H groups in total. The van der Waals surface area contributed by atoms with Gasteiger partial charge in [-0.3, -0.25) is 4.79 Å². The maximum absolute atomic E-state index is 12.4. The van der Waals surface area contributed by atoms with Crippen molar-refractivity contribution in [3.05, 3.63) is 58.1 Å². The molecule has 1 amide bonds. The molecule has 0 radical (unpaired) electrons. The standard InChI is InChI=1S/C16H17BrN2O2/c1-21-12-6-7-14(17)15(10-12)19-16(20)13-5-3-2-4-11(13)8-9-18/h2-7,10H,8-9,18H2,1H3,(H,19,20). The zero-order valence-electron chi connectivity index (χ0n) is 11.7. The van der Waals surface area contributed by atoms with Crippen LogP contribution in [0.5, 0.6) is 5.75 Å². The molecule has 2 rings (SSSR count). The molecular weight excluding hydrogens is 332 g/mol. The van der Waals surface area contributed by atoms with Crippen LogP contribution < -0.4 is 15.8 Å². The van der Waals surface area contributed by atoms with Gasteiger partial charge in [0.05, 0.1) is 12.8 Å². The quantitative estimate of drug-likeness (QED) is 0.871. The summed E-state index contributed by atoms with van der Waals surface area (Å²) in [7, 11) is 1.59. The van der Waals surface area contributed by atoms with Crippen LogP contribution in [0.3, 0.4) is 0 Å². The minimum atomic E-state index is -0.159. The SMILES string of the molecule is COc1ccc(Br)c(NC(=O)c2ccccc2CCN)c1. The Morgan fingerprint density at radius 3 is 2.76 bits per heavy atom. The minimum Gasteiger partial charge on any atom is -0.497 e. The average Bonchev–Trinajstić information content (AvgIpc) is 2.50. The average molecular weight is 349 g/mol. The van der Waals surface area contributed by atoms with Gasteiger partial charge in [-0.25, -0.2) is 0 Å². The second-order valence-corrected chi connectivity index (χ2v) is 5.35. The molecule has 0 aromatic heterocycles. The molecule has 21 heavy (non-hydrogen) atoms. The number of anilines is 1. The summed E-state index contributed by atoms with van der Waals surface area (Å²) in [6.45, 7) is 0.507. The molecule has 2 aromatic rings. The molecule has 0 saturated carbocycles. The van der Waals surface area contributed by atoms with Gasteiger partial charge in [-0.05, 0) is 52.7 Å². The van der Waals surface area contributed by atoms with Crippen molar-refractivity contribution in [1.82, 2.24) is 0 Å². The molecule has 0 spiro atoms. The van der Waals surface area contributed by atoms with Crippen molar-refractivity contribution in [1.29, 1.82) is 0 Å². The van der Waals surface area contributed by atoms with E-state index in [1.54, 1.807) is 19.2 Å². The van der Waals surface area contributed by atoms with Gasteiger partial charge in [0, 0.05) is 16.1 Å². The van der Waals surface area contributed by atoms with Gasteiger partial charge in [-0.1, -0.05) is 18.2 Å². The Balaban J connectivity index is 2.26. The molecule has 0 atom stereocenters. The van der Waals surface area contributed by atoms with Crippen LogP contribution in [-0.2, 0) is 6.42 Å². The van der Waals surface area contributed by atoms with Crippen LogP contribution in [0, 0.1) is 0 Å². The number of methoxy groups -OCH3 is 1.